The van der Waals surface area contributed by atoms with Gasteiger partial charge in [0.1, 0.15) is 5.82 Å². The summed E-state index contributed by atoms with van der Waals surface area (Å²) in [5.74, 6) is 2.58. The molecule has 0 aliphatic heterocycles. The van der Waals surface area contributed by atoms with Crippen LogP contribution in [-0.2, 0) is 13.5 Å². The highest BCUT2D eigenvalue weighted by atomic mass is 15.1. The summed E-state index contributed by atoms with van der Waals surface area (Å²) in [4.78, 5) is 4.70. The highest BCUT2D eigenvalue weighted by molar-refractivity contribution is 5.75. The number of fused-ring (bicyclic) bond motifs is 1. The van der Waals surface area contributed by atoms with E-state index in [1.807, 2.05) is 6.07 Å². The van der Waals surface area contributed by atoms with E-state index in [0.717, 1.165) is 23.7 Å². The first-order valence-electron chi connectivity index (χ1n) is 6.82. The molecule has 0 saturated heterocycles. The molecular weight excluding hydrogens is 222 g/mol. The number of rotatable bonds is 4. The number of hydrogen-bond acceptors (Lipinski definition) is 2. The van der Waals surface area contributed by atoms with E-state index in [2.05, 4.69) is 36.7 Å². The lowest BCUT2D eigenvalue weighted by atomic mass is 9.95. The summed E-state index contributed by atoms with van der Waals surface area (Å²) in [6.07, 6.45) is 3.59. The minimum absolute atomic E-state index is 0.230. The Labute approximate surface area is 108 Å². The van der Waals surface area contributed by atoms with Gasteiger partial charge in [-0.1, -0.05) is 19.1 Å². The lowest BCUT2D eigenvalue weighted by molar-refractivity contribution is 0.397. The third-order valence-electron chi connectivity index (χ3n) is 4.34. The lowest BCUT2D eigenvalue weighted by Gasteiger charge is -2.19. The van der Waals surface area contributed by atoms with Crippen molar-refractivity contribution in [2.45, 2.75) is 32.2 Å². The fourth-order valence-electron chi connectivity index (χ4n) is 2.75. The third-order valence-corrected chi connectivity index (χ3v) is 4.34. The molecule has 96 valence electrons. The summed E-state index contributed by atoms with van der Waals surface area (Å²) in [7, 11) is 2.08. The fraction of sp³-hybridized carbons (Fsp3) is 0.533. The van der Waals surface area contributed by atoms with E-state index >= 15 is 0 Å². The molecule has 1 aliphatic carbocycles. The summed E-state index contributed by atoms with van der Waals surface area (Å²) in [6.45, 7) is 2.28. The smallest absolute Gasteiger partial charge is 0.111 e. The maximum Gasteiger partial charge on any atom is 0.111 e. The molecule has 1 saturated carbocycles. The van der Waals surface area contributed by atoms with E-state index in [0.29, 0.717) is 5.92 Å². The van der Waals surface area contributed by atoms with Gasteiger partial charge >= 0.3 is 0 Å². The molecule has 1 fully saturated rings. The molecule has 0 amide bonds. The van der Waals surface area contributed by atoms with Crippen molar-refractivity contribution in [3.05, 3.63) is 30.1 Å². The first kappa shape index (κ1) is 11.7. The molecule has 2 atom stereocenters. The average molecular weight is 243 g/mol. The maximum atomic E-state index is 6.33. The number of hydrogen-bond donors (Lipinski definition) is 1. The summed E-state index contributed by atoms with van der Waals surface area (Å²) >= 11 is 0. The van der Waals surface area contributed by atoms with Crippen molar-refractivity contribution in [1.29, 1.82) is 0 Å². The van der Waals surface area contributed by atoms with Gasteiger partial charge in [0.15, 0.2) is 0 Å². The number of nitrogens with two attached hydrogens (primary N) is 1. The predicted octanol–water partition coefficient (Wildman–Crippen LogP) is 2.49. The van der Waals surface area contributed by atoms with Crippen LogP contribution in [0.5, 0.6) is 0 Å². The molecule has 3 heteroatoms. The Bertz CT molecular complexity index is 554. The van der Waals surface area contributed by atoms with Crippen LogP contribution in [0.25, 0.3) is 11.0 Å². The summed E-state index contributed by atoms with van der Waals surface area (Å²) in [5, 5.41) is 0. The topological polar surface area (TPSA) is 43.8 Å². The molecule has 0 spiro atoms. The fourth-order valence-corrected chi connectivity index (χ4v) is 2.75. The molecule has 2 aromatic rings. The van der Waals surface area contributed by atoms with Gasteiger partial charge in [0.25, 0.3) is 0 Å². The predicted molar refractivity (Wildman–Crippen MR) is 74.3 cm³/mol. The van der Waals surface area contributed by atoms with E-state index in [-0.39, 0.29) is 6.04 Å². The van der Waals surface area contributed by atoms with Gasteiger partial charge in [-0.2, -0.15) is 0 Å². The largest absolute Gasteiger partial charge is 0.331 e. The average Bonchev–Trinajstić information content (AvgIpc) is 3.17. The molecule has 3 rings (SSSR count). The second-order valence-corrected chi connectivity index (χ2v) is 5.64. The van der Waals surface area contributed by atoms with Crippen molar-refractivity contribution in [2.75, 3.05) is 0 Å². The van der Waals surface area contributed by atoms with E-state index in [4.69, 9.17) is 10.7 Å². The minimum Gasteiger partial charge on any atom is -0.331 e. The van der Waals surface area contributed by atoms with E-state index < -0.39 is 0 Å². The van der Waals surface area contributed by atoms with Gasteiger partial charge in [-0.3, -0.25) is 0 Å². The molecule has 2 N–H and O–H groups in total. The second kappa shape index (κ2) is 4.39. The zero-order valence-corrected chi connectivity index (χ0v) is 11.1. The van der Waals surface area contributed by atoms with Crippen LogP contribution in [0.15, 0.2) is 24.3 Å². The lowest BCUT2D eigenvalue weighted by Crippen LogP contribution is -2.32. The number of aromatic nitrogens is 2. The van der Waals surface area contributed by atoms with Crippen molar-refractivity contribution in [1.82, 2.24) is 9.55 Å². The molecule has 1 aromatic heterocycles. The highest BCUT2D eigenvalue weighted by Gasteiger charge is 2.32. The zero-order valence-electron chi connectivity index (χ0n) is 11.1. The number of para-hydroxylation sites is 2. The Hall–Kier alpha value is -1.35. The first-order valence-corrected chi connectivity index (χ1v) is 6.82. The molecular formula is C15H21N3. The van der Waals surface area contributed by atoms with Crippen molar-refractivity contribution >= 4 is 11.0 Å². The number of nitrogens with zero attached hydrogens (tertiary/aromatic N) is 2. The van der Waals surface area contributed by atoms with Crippen molar-refractivity contribution in [3.8, 4) is 0 Å². The molecule has 2 unspecified atom stereocenters. The molecule has 1 aliphatic rings. The van der Waals surface area contributed by atoms with Crippen molar-refractivity contribution in [2.24, 2.45) is 24.6 Å². The number of benzene rings is 1. The number of aryl methyl sites for hydroxylation is 1. The van der Waals surface area contributed by atoms with Gasteiger partial charge in [-0.25, -0.2) is 4.98 Å². The van der Waals surface area contributed by atoms with Gasteiger partial charge in [-0.15, -0.1) is 0 Å². The van der Waals surface area contributed by atoms with Crippen molar-refractivity contribution in [3.63, 3.8) is 0 Å². The Balaban J connectivity index is 1.83. The second-order valence-electron chi connectivity index (χ2n) is 5.64. The first-order chi connectivity index (χ1) is 8.66. The summed E-state index contributed by atoms with van der Waals surface area (Å²) in [5.41, 5.74) is 8.59. The molecule has 0 radical (unpaired) electrons. The number of imidazole rings is 1. The standard InChI is InChI=1S/C15H21N3/c1-10(11-7-8-11)12(16)9-15-17-13-5-3-4-6-14(13)18(15)2/h3-6,10-12H,7-9,16H2,1-2H3. The van der Waals surface area contributed by atoms with Crippen LogP contribution in [0.4, 0.5) is 0 Å². The monoisotopic (exact) mass is 243 g/mol. The van der Waals surface area contributed by atoms with Gasteiger partial charge in [0, 0.05) is 19.5 Å². The highest BCUT2D eigenvalue weighted by Crippen LogP contribution is 2.38. The SMILES string of the molecule is CC(C(N)Cc1nc2ccccc2n1C)C1CC1. The minimum atomic E-state index is 0.230. The van der Waals surface area contributed by atoms with Gasteiger partial charge in [-0.05, 0) is 36.8 Å². The van der Waals surface area contributed by atoms with Crippen LogP contribution < -0.4 is 5.73 Å². The van der Waals surface area contributed by atoms with E-state index in [1.54, 1.807) is 0 Å². The zero-order chi connectivity index (χ0) is 12.7. The van der Waals surface area contributed by atoms with Crippen LogP contribution in [0.1, 0.15) is 25.6 Å². The van der Waals surface area contributed by atoms with Crippen LogP contribution in [-0.4, -0.2) is 15.6 Å². The molecule has 3 nitrogen and oxygen atoms in total. The Morgan fingerprint density at radius 3 is 2.78 bits per heavy atom. The normalized spacial score (nSPS) is 19.1. The third kappa shape index (κ3) is 2.03. The Morgan fingerprint density at radius 2 is 2.11 bits per heavy atom. The molecule has 1 heterocycles. The van der Waals surface area contributed by atoms with Crippen LogP contribution in [0.3, 0.4) is 0 Å². The van der Waals surface area contributed by atoms with Gasteiger partial charge in [0.2, 0.25) is 0 Å². The maximum absolute atomic E-state index is 6.33. The Morgan fingerprint density at radius 1 is 1.39 bits per heavy atom. The van der Waals surface area contributed by atoms with Crippen molar-refractivity contribution < 1.29 is 0 Å². The van der Waals surface area contributed by atoms with E-state index in [9.17, 15) is 0 Å². The quantitative estimate of drug-likeness (QED) is 0.896. The molecule has 1 aromatic carbocycles. The van der Waals surface area contributed by atoms with Gasteiger partial charge < -0.3 is 10.3 Å². The van der Waals surface area contributed by atoms with Crippen LogP contribution in [0.2, 0.25) is 0 Å². The van der Waals surface area contributed by atoms with Crippen LogP contribution >= 0.6 is 0 Å². The summed E-state index contributed by atoms with van der Waals surface area (Å²) < 4.78 is 2.18. The summed E-state index contributed by atoms with van der Waals surface area (Å²) in [6, 6.07) is 8.50. The van der Waals surface area contributed by atoms with Crippen LogP contribution in [0, 0.1) is 11.8 Å². The Kier molecular flexibility index (Phi) is 2.86. The molecule has 0 bridgehead atoms. The van der Waals surface area contributed by atoms with E-state index in [1.165, 1.54) is 18.4 Å². The van der Waals surface area contributed by atoms with Gasteiger partial charge in [0.05, 0.1) is 11.0 Å². The molecule has 18 heavy (non-hydrogen) atoms.